The number of methoxy groups -OCH3 is 2. The van der Waals surface area contributed by atoms with Gasteiger partial charge in [-0.15, -0.1) is 0 Å². The molecular formula is C19H21NO3. The molecule has 0 radical (unpaired) electrons. The molecule has 2 aromatic rings. The summed E-state index contributed by atoms with van der Waals surface area (Å²) < 4.78 is 10.5. The van der Waals surface area contributed by atoms with Crippen molar-refractivity contribution < 1.29 is 14.3 Å². The minimum Gasteiger partial charge on any atom is -0.493 e. The average molecular weight is 311 g/mol. The number of ketones is 1. The summed E-state index contributed by atoms with van der Waals surface area (Å²) in [7, 11) is 6.91. The van der Waals surface area contributed by atoms with Gasteiger partial charge in [0.05, 0.1) is 14.2 Å². The van der Waals surface area contributed by atoms with Gasteiger partial charge in [-0.3, -0.25) is 4.79 Å². The van der Waals surface area contributed by atoms with Crippen LogP contribution in [-0.4, -0.2) is 39.0 Å². The topological polar surface area (TPSA) is 38.8 Å². The first-order chi connectivity index (χ1) is 11.1. The van der Waals surface area contributed by atoms with Gasteiger partial charge in [-0.2, -0.15) is 0 Å². The number of carbonyl (C=O) groups is 1. The van der Waals surface area contributed by atoms with Crippen LogP contribution in [0.4, 0.5) is 0 Å². The van der Waals surface area contributed by atoms with Crippen LogP contribution in [0.1, 0.15) is 15.9 Å². The van der Waals surface area contributed by atoms with Crippen LogP contribution in [0.25, 0.3) is 5.57 Å². The standard InChI is InChI=1S/C19H21NO3/c1-20(2)13-16(14-8-6-5-7-9-14)19(21)15-10-11-17(22-3)18(12-15)23-4/h5-13H,1-4H3/b16-13+. The fourth-order valence-corrected chi connectivity index (χ4v) is 2.27. The van der Waals surface area contributed by atoms with Crippen LogP contribution in [0.15, 0.2) is 54.7 Å². The third-order valence-electron chi connectivity index (χ3n) is 3.36. The van der Waals surface area contributed by atoms with Gasteiger partial charge in [0.2, 0.25) is 0 Å². The molecule has 0 saturated carbocycles. The van der Waals surface area contributed by atoms with Gasteiger partial charge in [0.15, 0.2) is 17.3 Å². The fourth-order valence-electron chi connectivity index (χ4n) is 2.27. The lowest BCUT2D eigenvalue weighted by atomic mass is 9.97. The van der Waals surface area contributed by atoms with E-state index in [9.17, 15) is 4.79 Å². The van der Waals surface area contributed by atoms with Crippen molar-refractivity contribution in [3.05, 3.63) is 65.9 Å². The molecular weight excluding hydrogens is 290 g/mol. The number of allylic oxidation sites excluding steroid dienone is 1. The van der Waals surface area contributed by atoms with Crippen molar-refractivity contribution in [2.45, 2.75) is 0 Å². The highest BCUT2D eigenvalue weighted by Gasteiger charge is 2.17. The molecule has 4 nitrogen and oxygen atoms in total. The number of ether oxygens (including phenoxy) is 2. The second-order valence-electron chi connectivity index (χ2n) is 5.27. The molecule has 120 valence electrons. The Labute approximate surface area is 137 Å². The van der Waals surface area contributed by atoms with Gasteiger partial charge in [-0.1, -0.05) is 30.3 Å². The van der Waals surface area contributed by atoms with E-state index in [0.29, 0.717) is 22.6 Å². The number of rotatable bonds is 6. The molecule has 0 unspecified atom stereocenters. The molecule has 0 spiro atoms. The van der Waals surface area contributed by atoms with E-state index in [-0.39, 0.29) is 5.78 Å². The number of hydrogen-bond acceptors (Lipinski definition) is 4. The molecule has 0 bridgehead atoms. The normalized spacial score (nSPS) is 11.0. The monoisotopic (exact) mass is 311 g/mol. The SMILES string of the molecule is COc1ccc(C(=O)/C(=C/N(C)C)c2ccccc2)cc1OC. The number of carbonyl (C=O) groups excluding carboxylic acids is 1. The van der Waals surface area contributed by atoms with Gasteiger partial charge < -0.3 is 14.4 Å². The summed E-state index contributed by atoms with van der Waals surface area (Å²) in [5.74, 6) is 1.07. The maximum absolute atomic E-state index is 13.0. The summed E-state index contributed by atoms with van der Waals surface area (Å²) in [6.07, 6.45) is 1.83. The maximum atomic E-state index is 13.0. The van der Waals surface area contributed by atoms with Crippen molar-refractivity contribution in [2.24, 2.45) is 0 Å². The van der Waals surface area contributed by atoms with E-state index in [2.05, 4.69) is 0 Å². The summed E-state index contributed by atoms with van der Waals surface area (Å²) in [6, 6.07) is 14.8. The molecule has 4 heteroatoms. The van der Waals surface area contributed by atoms with Crippen LogP contribution in [0.3, 0.4) is 0 Å². The number of benzene rings is 2. The van der Waals surface area contributed by atoms with Gasteiger partial charge >= 0.3 is 0 Å². The summed E-state index contributed by atoms with van der Waals surface area (Å²) in [5.41, 5.74) is 2.06. The molecule has 0 fully saturated rings. The molecule has 0 aliphatic carbocycles. The van der Waals surface area contributed by atoms with Crippen LogP contribution in [0.5, 0.6) is 11.5 Å². The Morgan fingerprint density at radius 1 is 0.913 bits per heavy atom. The Bertz CT molecular complexity index is 706. The largest absolute Gasteiger partial charge is 0.493 e. The number of hydrogen-bond donors (Lipinski definition) is 0. The zero-order valence-electron chi connectivity index (χ0n) is 13.9. The van der Waals surface area contributed by atoms with Gasteiger partial charge in [-0.25, -0.2) is 0 Å². The Hall–Kier alpha value is -2.75. The van der Waals surface area contributed by atoms with E-state index in [1.54, 1.807) is 32.4 Å². The molecule has 0 heterocycles. The second-order valence-corrected chi connectivity index (χ2v) is 5.27. The third-order valence-corrected chi connectivity index (χ3v) is 3.36. The first-order valence-corrected chi connectivity index (χ1v) is 7.27. The zero-order chi connectivity index (χ0) is 16.8. The Morgan fingerprint density at radius 3 is 2.13 bits per heavy atom. The summed E-state index contributed by atoms with van der Waals surface area (Å²) >= 11 is 0. The van der Waals surface area contributed by atoms with Crippen molar-refractivity contribution in [3.8, 4) is 11.5 Å². The summed E-state index contributed by atoms with van der Waals surface area (Å²) in [5, 5.41) is 0. The molecule has 2 aromatic carbocycles. The Morgan fingerprint density at radius 2 is 1.57 bits per heavy atom. The lowest BCUT2D eigenvalue weighted by molar-refractivity contribution is 0.105. The summed E-state index contributed by atoms with van der Waals surface area (Å²) in [4.78, 5) is 14.8. The highest BCUT2D eigenvalue weighted by Crippen LogP contribution is 2.30. The Kier molecular flexibility index (Phi) is 5.41. The van der Waals surface area contributed by atoms with E-state index in [1.165, 1.54) is 0 Å². The molecule has 0 aliphatic rings. The van der Waals surface area contributed by atoms with E-state index in [4.69, 9.17) is 9.47 Å². The summed E-state index contributed by atoms with van der Waals surface area (Å²) in [6.45, 7) is 0. The van der Waals surface area contributed by atoms with Crippen LogP contribution in [0, 0.1) is 0 Å². The zero-order valence-corrected chi connectivity index (χ0v) is 13.9. The van der Waals surface area contributed by atoms with Crippen LogP contribution in [-0.2, 0) is 0 Å². The van der Waals surface area contributed by atoms with E-state index in [0.717, 1.165) is 5.56 Å². The van der Waals surface area contributed by atoms with Gasteiger partial charge in [-0.05, 0) is 23.8 Å². The minimum atomic E-state index is -0.0640. The lowest BCUT2D eigenvalue weighted by Crippen LogP contribution is -2.09. The number of Topliss-reactive ketones (excluding diaryl/α,β-unsaturated/α-hetero) is 1. The predicted molar refractivity (Wildman–Crippen MR) is 92.0 cm³/mol. The van der Waals surface area contributed by atoms with Crippen molar-refractivity contribution in [2.75, 3.05) is 28.3 Å². The van der Waals surface area contributed by atoms with Crippen molar-refractivity contribution in [1.82, 2.24) is 4.90 Å². The minimum absolute atomic E-state index is 0.0640. The van der Waals surface area contributed by atoms with Crippen molar-refractivity contribution >= 4 is 11.4 Å². The molecule has 2 rings (SSSR count). The van der Waals surface area contributed by atoms with E-state index >= 15 is 0 Å². The number of nitrogens with zero attached hydrogens (tertiary/aromatic N) is 1. The molecule has 0 aromatic heterocycles. The first-order valence-electron chi connectivity index (χ1n) is 7.27. The van der Waals surface area contributed by atoms with Gasteiger partial charge in [0.1, 0.15) is 0 Å². The predicted octanol–water partition coefficient (Wildman–Crippen LogP) is 3.49. The smallest absolute Gasteiger partial charge is 0.195 e. The second kappa shape index (κ2) is 7.49. The molecule has 0 N–H and O–H groups in total. The van der Waals surface area contributed by atoms with Gasteiger partial charge in [0, 0.05) is 31.4 Å². The Balaban J connectivity index is 2.46. The lowest BCUT2D eigenvalue weighted by Gasteiger charge is -2.13. The molecule has 0 atom stereocenters. The molecule has 0 aliphatic heterocycles. The third kappa shape index (κ3) is 3.92. The molecule has 0 amide bonds. The van der Waals surface area contributed by atoms with E-state index in [1.807, 2.05) is 55.5 Å². The van der Waals surface area contributed by atoms with Crippen molar-refractivity contribution in [3.63, 3.8) is 0 Å². The fraction of sp³-hybridized carbons (Fsp3) is 0.211. The highest BCUT2D eigenvalue weighted by molar-refractivity contribution is 6.28. The average Bonchev–Trinajstić information content (AvgIpc) is 2.59. The quantitative estimate of drug-likeness (QED) is 0.605. The molecule has 23 heavy (non-hydrogen) atoms. The van der Waals surface area contributed by atoms with Crippen LogP contribution >= 0.6 is 0 Å². The van der Waals surface area contributed by atoms with Gasteiger partial charge in [0.25, 0.3) is 0 Å². The van der Waals surface area contributed by atoms with Crippen LogP contribution < -0.4 is 9.47 Å². The maximum Gasteiger partial charge on any atom is 0.195 e. The van der Waals surface area contributed by atoms with Crippen molar-refractivity contribution in [1.29, 1.82) is 0 Å². The first kappa shape index (κ1) is 16.6. The molecule has 0 saturated heterocycles. The van der Waals surface area contributed by atoms with E-state index < -0.39 is 0 Å². The highest BCUT2D eigenvalue weighted by atomic mass is 16.5. The van der Waals surface area contributed by atoms with Crippen LogP contribution in [0.2, 0.25) is 0 Å².